The van der Waals surface area contributed by atoms with Crippen LogP contribution >= 0.6 is 0 Å². The number of nitro groups is 1. The second-order valence-corrected chi connectivity index (χ2v) is 9.26. The molecule has 1 aliphatic heterocycles. The largest absolute Gasteiger partial charge is 0.452 e. The number of anilines is 1. The van der Waals surface area contributed by atoms with Crippen molar-refractivity contribution >= 4 is 35.0 Å². The molecule has 1 fully saturated rings. The van der Waals surface area contributed by atoms with Crippen molar-refractivity contribution < 1.29 is 19.2 Å². The van der Waals surface area contributed by atoms with Crippen LogP contribution in [0.5, 0.6) is 0 Å². The highest BCUT2D eigenvalue weighted by molar-refractivity contribution is 6.08. The average molecular weight is 511 g/mol. The van der Waals surface area contributed by atoms with Crippen LogP contribution in [0.4, 0.5) is 11.4 Å². The molecular formula is C29H26N4O5. The van der Waals surface area contributed by atoms with Crippen LogP contribution in [-0.2, 0) is 9.53 Å². The fourth-order valence-electron chi connectivity index (χ4n) is 5.05. The minimum atomic E-state index is -0.855. The highest BCUT2D eigenvalue weighted by Crippen LogP contribution is 2.44. The van der Waals surface area contributed by atoms with Gasteiger partial charge in [-0.25, -0.2) is 9.80 Å². The van der Waals surface area contributed by atoms with Crippen molar-refractivity contribution in [1.82, 2.24) is 5.01 Å². The van der Waals surface area contributed by atoms with Crippen molar-refractivity contribution in [3.8, 4) is 0 Å². The fourth-order valence-corrected chi connectivity index (χ4v) is 5.05. The van der Waals surface area contributed by atoms with Crippen molar-refractivity contribution in [2.24, 2.45) is 11.0 Å². The van der Waals surface area contributed by atoms with Gasteiger partial charge in [-0.1, -0.05) is 60.7 Å². The number of nitrogens with two attached hydrogens (primary N) is 1. The van der Waals surface area contributed by atoms with Gasteiger partial charge in [-0.3, -0.25) is 14.9 Å². The molecule has 2 atom stereocenters. The molecule has 2 aliphatic rings. The number of hydrogen-bond donors (Lipinski definition) is 1. The van der Waals surface area contributed by atoms with Gasteiger partial charge in [0.25, 0.3) is 11.6 Å². The highest BCUT2D eigenvalue weighted by atomic mass is 16.6. The molecule has 5 rings (SSSR count). The van der Waals surface area contributed by atoms with E-state index < -0.39 is 29.1 Å². The first-order valence-corrected chi connectivity index (χ1v) is 12.3. The lowest BCUT2D eigenvalue weighted by Gasteiger charge is -2.29. The number of carbonyl (C=O) groups excluding carboxylic acids is 2. The minimum absolute atomic E-state index is 0.0144. The molecule has 0 saturated heterocycles. The van der Waals surface area contributed by atoms with Gasteiger partial charge in [-0.05, 0) is 54.2 Å². The Hall–Kier alpha value is -4.79. The van der Waals surface area contributed by atoms with E-state index in [2.05, 4.69) is 6.08 Å². The number of esters is 1. The van der Waals surface area contributed by atoms with E-state index in [1.54, 1.807) is 0 Å². The van der Waals surface area contributed by atoms with Gasteiger partial charge in [-0.15, -0.1) is 0 Å². The Balaban J connectivity index is 1.40. The predicted molar refractivity (Wildman–Crippen MR) is 143 cm³/mol. The summed E-state index contributed by atoms with van der Waals surface area (Å²) in [6, 6.07) is 23.0. The highest BCUT2D eigenvalue weighted by Gasteiger charge is 2.43. The Morgan fingerprint density at radius 3 is 2.50 bits per heavy atom. The first-order valence-electron chi connectivity index (χ1n) is 12.3. The van der Waals surface area contributed by atoms with Gasteiger partial charge < -0.3 is 10.5 Å². The summed E-state index contributed by atoms with van der Waals surface area (Å²) in [4.78, 5) is 36.5. The number of ether oxygens (including phenoxy) is 1. The number of nitro benzene ring substituents is 1. The maximum Gasteiger partial charge on any atom is 0.338 e. The smallest absolute Gasteiger partial charge is 0.338 e. The number of amides is 1. The van der Waals surface area contributed by atoms with Crippen LogP contribution in [0.25, 0.3) is 6.08 Å². The van der Waals surface area contributed by atoms with Crippen molar-refractivity contribution in [3.05, 3.63) is 111 Å². The molecule has 2 N–H and O–H groups in total. The van der Waals surface area contributed by atoms with Gasteiger partial charge in [0, 0.05) is 12.0 Å². The van der Waals surface area contributed by atoms with Gasteiger partial charge in [0.1, 0.15) is 5.69 Å². The van der Waals surface area contributed by atoms with E-state index in [9.17, 15) is 19.7 Å². The Morgan fingerprint density at radius 1 is 1.08 bits per heavy atom. The van der Waals surface area contributed by atoms with Crippen LogP contribution in [0.3, 0.4) is 0 Å². The molecular weight excluding hydrogens is 484 g/mol. The number of allylic oxidation sites excluding steroid dienone is 1. The van der Waals surface area contributed by atoms with Gasteiger partial charge in [0.05, 0.1) is 22.2 Å². The molecule has 1 aliphatic carbocycles. The van der Waals surface area contributed by atoms with Crippen molar-refractivity contribution in [3.63, 3.8) is 0 Å². The average Bonchev–Trinajstić information content (AvgIpc) is 3.33. The Morgan fingerprint density at radius 2 is 1.79 bits per heavy atom. The van der Waals surface area contributed by atoms with E-state index in [1.165, 1.54) is 17.1 Å². The number of carbonyl (C=O) groups is 2. The van der Waals surface area contributed by atoms with Gasteiger partial charge in [0.2, 0.25) is 0 Å². The Kier molecular flexibility index (Phi) is 6.99. The molecule has 192 valence electrons. The maximum absolute atomic E-state index is 13.4. The van der Waals surface area contributed by atoms with Crippen LogP contribution in [-0.4, -0.2) is 34.1 Å². The normalized spacial score (nSPS) is 19.5. The summed E-state index contributed by atoms with van der Waals surface area (Å²) in [6.45, 7) is -0.554. The quantitative estimate of drug-likeness (QED) is 0.211. The molecule has 0 radical (unpaired) electrons. The minimum Gasteiger partial charge on any atom is -0.452 e. The standard InChI is InChI=1S/C29H26N4O5/c30-24-15-14-22(17-25(24)33(36)37)29(35)38-18-26(34)32-28(20-10-5-2-6-11-20)23-13-7-12-21(27(23)31-32)16-19-8-3-1-4-9-19/h1-6,8-11,14-17,23,28H,7,12-13,18,30H2. The number of nitrogen functional groups attached to an aromatic ring is 1. The number of hydrazone groups is 1. The fraction of sp³-hybridized carbons (Fsp3) is 0.207. The maximum atomic E-state index is 13.4. The van der Waals surface area contributed by atoms with Gasteiger partial charge in [-0.2, -0.15) is 5.10 Å². The summed E-state index contributed by atoms with van der Waals surface area (Å²) >= 11 is 0. The van der Waals surface area contributed by atoms with E-state index in [-0.39, 0.29) is 23.2 Å². The third-order valence-electron chi connectivity index (χ3n) is 6.83. The van der Waals surface area contributed by atoms with E-state index in [0.717, 1.165) is 47.7 Å². The topological polar surface area (TPSA) is 128 Å². The zero-order chi connectivity index (χ0) is 26.6. The molecule has 1 heterocycles. The summed E-state index contributed by atoms with van der Waals surface area (Å²) in [5, 5.41) is 17.4. The molecule has 3 aromatic carbocycles. The zero-order valence-electron chi connectivity index (χ0n) is 20.5. The molecule has 1 saturated carbocycles. The summed E-state index contributed by atoms with van der Waals surface area (Å²) in [5.41, 5.74) is 9.07. The molecule has 2 unspecified atom stereocenters. The third kappa shape index (κ3) is 5.04. The van der Waals surface area contributed by atoms with Crippen LogP contribution in [0.1, 0.15) is 46.8 Å². The molecule has 9 heteroatoms. The van der Waals surface area contributed by atoms with Crippen LogP contribution in [0, 0.1) is 16.0 Å². The number of fused-ring (bicyclic) bond motifs is 1. The van der Waals surface area contributed by atoms with Crippen molar-refractivity contribution in [2.45, 2.75) is 25.3 Å². The molecule has 9 nitrogen and oxygen atoms in total. The van der Waals surface area contributed by atoms with Crippen molar-refractivity contribution in [2.75, 3.05) is 12.3 Å². The predicted octanol–water partition coefficient (Wildman–Crippen LogP) is 5.16. The summed E-state index contributed by atoms with van der Waals surface area (Å²) in [6.07, 6.45) is 4.83. The van der Waals surface area contributed by atoms with Crippen LogP contribution < -0.4 is 5.73 Å². The number of benzene rings is 3. The summed E-state index contributed by atoms with van der Waals surface area (Å²) in [7, 11) is 0. The van der Waals surface area contributed by atoms with Gasteiger partial charge in [0.15, 0.2) is 6.61 Å². The lowest BCUT2D eigenvalue weighted by atomic mass is 9.77. The third-order valence-corrected chi connectivity index (χ3v) is 6.83. The molecule has 3 aromatic rings. The number of rotatable bonds is 6. The number of hydrogen-bond acceptors (Lipinski definition) is 7. The van der Waals surface area contributed by atoms with Crippen LogP contribution in [0.15, 0.2) is 89.5 Å². The second-order valence-electron chi connectivity index (χ2n) is 9.26. The first kappa shape index (κ1) is 24.9. The lowest BCUT2D eigenvalue weighted by molar-refractivity contribution is -0.383. The van der Waals surface area contributed by atoms with Crippen LogP contribution in [0.2, 0.25) is 0 Å². The van der Waals surface area contributed by atoms with E-state index in [4.69, 9.17) is 15.6 Å². The van der Waals surface area contributed by atoms with E-state index in [0.29, 0.717) is 0 Å². The SMILES string of the molecule is Nc1ccc(C(=O)OCC(=O)N2N=C3C(=Cc4ccccc4)CCCC3C2c2ccccc2)cc1[N+](=O)[O-]. The molecule has 0 bridgehead atoms. The lowest BCUT2D eigenvalue weighted by Crippen LogP contribution is -2.34. The molecule has 0 aromatic heterocycles. The Labute approximate surface area is 219 Å². The van der Waals surface area contributed by atoms with E-state index in [1.807, 2.05) is 60.7 Å². The van der Waals surface area contributed by atoms with Gasteiger partial charge >= 0.3 is 5.97 Å². The van der Waals surface area contributed by atoms with Crippen molar-refractivity contribution in [1.29, 1.82) is 0 Å². The Bertz CT molecular complexity index is 1440. The molecule has 0 spiro atoms. The summed E-state index contributed by atoms with van der Waals surface area (Å²) in [5.74, 6) is -1.31. The summed E-state index contributed by atoms with van der Waals surface area (Å²) < 4.78 is 5.26. The second kappa shape index (κ2) is 10.7. The van der Waals surface area contributed by atoms with E-state index >= 15 is 0 Å². The zero-order valence-corrected chi connectivity index (χ0v) is 20.5. The molecule has 38 heavy (non-hydrogen) atoms. The number of nitrogens with zero attached hydrogens (tertiary/aromatic N) is 3. The first-order chi connectivity index (χ1) is 18.4. The monoisotopic (exact) mass is 510 g/mol. The molecule has 1 amide bonds.